The monoisotopic (exact) mass is 424 g/mol. The van der Waals surface area contributed by atoms with E-state index in [0.29, 0.717) is 24.1 Å². The third kappa shape index (κ3) is 4.09. The summed E-state index contributed by atoms with van der Waals surface area (Å²) in [7, 11) is 0. The Morgan fingerprint density at radius 1 is 1.15 bits per heavy atom. The van der Waals surface area contributed by atoms with Crippen LogP contribution in [0, 0.1) is 11.3 Å². The van der Waals surface area contributed by atoms with Crippen LogP contribution in [-0.2, 0) is 11.3 Å². The fourth-order valence-corrected chi connectivity index (χ4v) is 3.44. The van der Waals surface area contributed by atoms with Crippen molar-refractivity contribution in [3.05, 3.63) is 70.3 Å². The summed E-state index contributed by atoms with van der Waals surface area (Å²) in [4.78, 5) is 24.6. The Balaban J connectivity index is 1.98. The van der Waals surface area contributed by atoms with E-state index in [0.717, 1.165) is 15.4 Å². The maximum Gasteiger partial charge on any atom is 0.311 e. The lowest BCUT2D eigenvalue weighted by Gasteiger charge is -2.11. The van der Waals surface area contributed by atoms with Gasteiger partial charge in [-0.1, -0.05) is 46.3 Å². The van der Waals surface area contributed by atoms with Gasteiger partial charge in [-0.05, 0) is 23.8 Å². The van der Waals surface area contributed by atoms with Crippen LogP contribution in [-0.4, -0.2) is 21.4 Å². The number of nitrogens with zero attached hydrogens (tertiary/aromatic N) is 2. The molecule has 0 saturated heterocycles. The van der Waals surface area contributed by atoms with Crippen molar-refractivity contribution in [3.63, 3.8) is 0 Å². The van der Waals surface area contributed by atoms with Gasteiger partial charge in [0, 0.05) is 40.1 Å². The molecule has 3 aromatic rings. The highest BCUT2D eigenvalue weighted by atomic mass is 79.9. The Labute approximate surface area is 165 Å². The van der Waals surface area contributed by atoms with E-state index in [4.69, 9.17) is 5.26 Å². The largest absolute Gasteiger partial charge is 0.481 e. The molecule has 1 N–H and O–H groups in total. The molecule has 0 unspecified atom stereocenters. The zero-order valence-corrected chi connectivity index (χ0v) is 16.0. The van der Waals surface area contributed by atoms with Crippen molar-refractivity contribution in [3.8, 4) is 6.07 Å². The van der Waals surface area contributed by atoms with E-state index >= 15 is 0 Å². The van der Waals surface area contributed by atoms with Crippen LogP contribution >= 0.6 is 15.9 Å². The van der Waals surface area contributed by atoms with Gasteiger partial charge in [0.25, 0.3) is 0 Å². The van der Waals surface area contributed by atoms with Crippen LogP contribution in [0.5, 0.6) is 0 Å². The number of nitriles is 1. The first-order valence-electron chi connectivity index (χ1n) is 8.47. The predicted molar refractivity (Wildman–Crippen MR) is 106 cm³/mol. The van der Waals surface area contributed by atoms with E-state index in [1.165, 1.54) is 0 Å². The summed E-state index contributed by atoms with van der Waals surface area (Å²) in [6, 6.07) is 16.5. The zero-order valence-electron chi connectivity index (χ0n) is 14.4. The van der Waals surface area contributed by atoms with Crippen LogP contribution < -0.4 is 0 Å². The molecule has 1 heterocycles. The maximum atomic E-state index is 12.6. The Kier molecular flexibility index (Phi) is 5.72. The van der Waals surface area contributed by atoms with Gasteiger partial charge in [-0.2, -0.15) is 5.26 Å². The molecule has 6 heteroatoms. The number of aromatic nitrogens is 1. The molecule has 136 valence electrons. The number of para-hydroxylation sites is 1. The van der Waals surface area contributed by atoms with Crippen molar-refractivity contribution in [2.75, 3.05) is 0 Å². The number of ketones is 1. The normalized spacial score (nSPS) is 11.9. The lowest BCUT2D eigenvalue weighted by Crippen LogP contribution is -2.16. The highest BCUT2D eigenvalue weighted by Gasteiger charge is 2.27. The number of aliphatic carboxylic acids is 1. The highest BCUT2D eigenvalue weighted by molar-refractivity contribution is 9.10. The Morgan fingerprint density at radius 3 is 2.52 bits per heavy atom. The molecule has 2 aromatic carbocycles. The number of halogens is 1. The number of carboxylic acid groups (broad SMARTS) is 1. The smallest absolute Gasteiger partial charge is 0.311 e. The molecule has 1 aromatic heterocycles. The fraction of sp³-hybridized carbons (Fsp3) is 0.190. The maximum absolute atomic E-state index is 12.6. The molecule has 1 atom stereocenters. The minimum absolute atomic E-state index is 0.122. The lowest BCUT2D eigenvalue weighted by atomic mass is 9.91. The summed E-state index contributed by atoms with van der Waals surface area (Å²) in [6.45, 7) is 0.476. The first kappa shape index (κ1) is 18.9. The van der Waals surface area contributed by atoms with Gasteiger partial charge in [0.15, 0.2) is 5.78 Å². The number of fused-ring (bicyclic) bond motifs is 1. The number of benzene rings is 2. The molecule has 0 fully saturated rings. The van der Waals surface area contributed by atoms with Crippen molar-refractivity contribution in [1.29, 1.82) is 5.26 Å². The van der Waals surface area contributed by atoms with Gasteiger partial charge in [0.2, 0.25) is 0 Å². The van der Waals surface area contributed by atoms with Crippen molar-refractivity contribution in [1.82, 2.24) is 4.57 Å². The average Bonchev–Trinajstić information content (AvgIpc) is 3.03. The highest BCUT2D eigenvalue weighted by Crippen LogP contribution is 2.31. The number of hydrogen-bond donors (Lipinski definition) is 1. The van der Waals surface area contributed by atoms with E-state index in [-0.39, 0.29) is 12.2 Å². The molecule has 0 radical (unpaired) electrons. The number of carbonyl (C=O) groups excluding carboxylic acids is 1. The molecule has 0 saturated carbocycles. The average molecular weight is 425 g/mol. The van der Waals surface area contributed by atoms with Gasteiger partial charge in [0.1, 0.15) is 0 Å². The van der Waals surface area contributed by atoms with E-state index in [2.05, 4.69) is 22.0 Å². The van der Waals surface area contributed by atoms with Crippen molar-refractivity contribution in [2.24, 2.45) is 0 Å². The van der Waals surface area contributed by atoms with Gasteiger partial charge < -0.3 is 9.67 Å². The minimum atomic E-state index is -1.04. The molecule has 0 spiro atoms. The Morgan fingerprint density at radius 2 is 1.85 bits per heavy atom. The standard InChI is InChI=1S/C21H17BrN2O3/c22-15-8-6-14(7-9-15)20(25)12-17(21(26)27)18-13-24(11-3-10-23)19-5-2-1-4-16(18)19/h1-2,4-9,13,17H,3,11-12H2,(H,26,27)/t17-/m0/s1. The molecule has 0 amide bonds. The summed E-state index contributed by atoms with van der Waals surface area (Å²) >= 11 is 3.32. The van der Waals surface area contributed by atoms with Gasteiger partial charge in [-0.25, -0.2) is 0 Å². The minimum Gasteiger partial charge on any atom is -0.481 e. The van der Waals surface area contributed by atoms with Crippen LogP contribution in [0.1, 0.15) is 34.7 Å². The van der Waals surface area contributed by atoms with Gasteiger partial charge in [0.05, 0.1) is 18.4 Å². The van der Waals surface area contributed by atoms with Crippen LogP contribution in [0.25, 0.3) is 10.9 Å². The molecule has 5 nitrogen and oxygen atoms in total. The van der Waals surface area contributed by atoms with Crippen molar-refractivity contribution >= 4 is 38.6 Å². The topological polar surface area (TPSA) is 83.1 Å². The Bertz CT molecular complexity index is 1030. The molecule has 27 heavy (non-hydrogen) atoms. The van der Waals surface area contributed by atoms with Crippen LogP contribution in [0.2, 0.25) is 0 Å². The third-order valence-corrected chi connectivity index (χ3v) is 5.04. The fourth-order valence-electron chi connectivity index (χ4n) is 3.18. The number of aryl methyl sites for hydroxylation is 1. The molecule has 0 bridgehead atoms. The SMILES string of the molecule is N#CCCn1cc([C@H](CC(=O)c2ccc(Br)cc2)C(=O)O)c2ccccc21. The third-order valence-electron chi connectivity index (χ3n) is 4.51. The molecular weight excluding hydrogens is 408 g/mol. The van der Waals surface area contributed by atoms with Crippen LogP contribution in [0.4, 0.5) is 0 Å². The lowest BCUT2D eigenvalue weighted by molar-refractivity contribution is -0.138. The zero-order chi connectivity index (χ0) is 19.4. The van der Waals surface area contributed by atoms with E-state index in [9.17, 15) is 14.7 Å². The van der Waals surface area contributed by atoms with Crippen LogP contribution in [0.3, 0.4) is 0 Å². The quantitative estimate of drug-likeness (QED) is 0.554. The summed E-state index contributed by atoms with van der Waals surface area (Å²) in [5.41, 5.74) is 1.95. The number of carbonyl (C=O) groups is 2. The second-order valence-corrected chi connectivity index (χ2v) is 7.14. The summed E-state index contributed by atoms with van der Waals surface area (Å²) in [5.74, 6) is -2.21. The number of rotatable bonds is 7. The van der Waals surface area contributed by atoms with Crippen molar-refractivity contribution in [2.45, 2.75) is 25.3 Å². The number of carboxylic acids is 1. The summed E-state index contributed by atoms with van der Waals surface area (Å²) in [6.07, 6.45) is 1.96. The predicted octanol–water partition coefficient (Wildman–Crippen LogP) is 4.76. The molecule has 3 rings (SSSR count). The van der Waals surface area contributed by atoms with E-state index < -0.39 is 11.9 Å². The molecule has 0 aliphatic rings. The van der Waals surface area contributed by atoms with Gasteiger partial charge >= 0.3 is 5.97 Å². The van der Waals surface area contributed by atoms with E-state index in [1.807, 2.05) is 28.8 Å². The van der Waals surface area contributed by atoms with E-state index in [1.54, 1.807) is 30.5 Å². The summed E-state index contributed by atoms with van der Waals surface area (Å²) in [5, 5.41) is 19.5. The second kappa shape index (κ2) is 8.19. The molecule has 0 aliphatic carbocycles. The van der Waals surface area contributed by atoms with Gasteiger partial charge in [-0.3, -0.25) is 9.59 Å². The second-order valence-electron chi connectivity index (χ2n) is 6.23. The number of hydrogen-bond acceptors (Lipinski definition) is 3. The summed E-state index contributed by atoms with van der Waals surface area (Å²) < 4.78 is 2.74. The molecule has 0 aliphatic heterocycles. The number of Topliss-reactive ketones (excluding diaryl/α,β-unsaturated/α-hetero) is 1. The van der Waals surface area contributed by atoms with Crippen molar-refractivity contribution < 1.29 is 14.7 Å². The first-order chi connectivity index (χ1) is 13.0. The first-order valence-corrected chi connectivity index (χ1v) is 9.27. The van der Waals surface area contributed by atoms with Gasteiger partial charge in [-0.15, -0.1) is 0 Å². The van der Waals surface area contributed by atoms with Crippen LogP contribution in [0.15, 0.2) is 59.2 Å². The Hall–Kier alpha value is -2.91. The molecular formula is C21H17BrN2O3.